The van der Waals surface area contributed by atoms with Crippen molar-refractivity contribution in [3.63, 3.8) is 0 Å². The van der Waals surface area contributed by atoms with Crippen molar-refractivity contribution in [2.75, 3.05) is 5.32 Å². The van der Waals surface area contributed by atoms with Gasteiger partial charge in [0, 0.05) is 6.07 Å². The highest BCUT2D eigenvalue weighted by Crippen LogP contribution is 2.17. The van der Waals surface area contributed by atoms with Crippen molar-refractivity contribution in [1.82, 2.24) is 4.98 Å². The second kappa shape index (κ2) is 6.03. The van der Waals surface area contributed by atoms with Gasteiger partial charge in [-0.05, 0) is 11.6 Å². The van der Waals surface area contributed by atoms with Gasteiger partial charge in [-0.25, -0.2) is 0 Å². The van der Waals surface area contributed by atoms with Crippen LogP contribution in [0.1, 0.15) is 5.56 Å². The maximum atomic E-state index is 10.9. The molecule has 0 aliphatic rings. The number of rotatable bonds is 5. The summed E-state index contributed by atoms with van der Waals surface area (Å²) in [7, 11) is 0. The summed E-state index contributed by atoms with van der Waals surface area (Å²) < 4.78 is 5.16. The van der Waals surface area contributed by atoms with Crippen LogP contribution in [0.25, 0.3) is 0 Å². The van der Waals surface area contributed by atoms with Gasteiger partial charge in [0.05, 0.1) is 12.3 Å². The second-order valence-electron chi connectivity index (χ2n) is 3.88. The molecule has 4 N–H and O–H groups in total. The molecule has 0 saturated heterocycles. The Morgan fingerprint density at radius 2 is 1.95 bits per heavy atom. The maximum absolute atomic E-state index is 10.9. The van der Waals surface area contributed by atoms with E-state index in [1.54, 1.807) is 0 Å². The lowest BCUT2D eigenvalue weighted by molar-refractivity contribution is -0.0872. The number of hydrogen-bond acceptors (Lipinski definition) is 5. The summed E-state index contributed by atoms with van der Waals surface area (Å²) in [6, 6.07) is 11.9. The smallest absolute Gasteiger partial charge is 0.250 e. The molecule has 1 aromatic carbocycles. The molecule has 1 unspecified atom stereocenters. The predicted octanol–water partition coefficient (Wildman–Crippen LogP) is 0.985. The van der Waals surface area contributed by atoms with Gasteiger partial charge in [-0.2, -0.15) is 0 Å². The number of benzene rings is 1. The van der Waals surface area contributed by atoms with Crippen LogP contribution in [0.4, 0.5) is 5.69 Å². The van der Waals surface area contributed by atoms with Gasteiger partial charge in [0.2, 0.25) is 12.3 Å². The van der Waals surface area contributed by atoms with Crippen molar-refractivity contribution < 1.29 is 14.9 Å². The van der Waals surface area contributed by atoms with Gasteiger partial charge in [-0.1, -0.05) is 30.3 Å². The van der Waals surface area contributed by atoms with Gasteiger partial charge in [-0.15, -0.1) is 0 Å². The third-order valence-electron chi connectivity index (χ3n) is 2.43. The third kappa shape index (κ3) is 3.84. The summed E-state index contributed by atoms with van der Waals surface area (Å²) in [5, 5.41) is 21.6. The lowest BCUT2D eigenvalue weighted by atomic mass is 10.2. The number of aliphatic hydroxyl groups excluding tert-OH is 1. The van der Waals surface area contributed by atoms with E-state index in [1.807, 2.05) is 30.3 Å². The predicted molar refractivity (Wildman–Crippen MR) is 69.6 cm³/mol. The first-order valence-corrected chi connectivity index (χ1v) is 5.67. The minimum absolute atomic E-state index is 0.181. The molecule has 1 atom stereocenters. The average molecular weight is 262 g/mol. The molecule has 19 heavy (non-hydrogen) atoms. The molecule has 0 aliphatic heterocycles. The molecule has 6 nitrogen and oxygen atoms in total. The molecule has 0 saturated carbocycles. The molecule has 1 heterocycles. The molecule has 100 valence electrons. The van der Waals surface area contributed by atoms with E-state index in [1.165, 1.54) is 12.1 Å². The number of pyridine rings is 1. The zero-order chi connectivity index (χ0) is 13.7. The van der Waals surface area contributed by atoms with Gasteiger partial charge in [-0.3, -0.25) is 9.78 Å². The number of ether oxygens (including phenoxy) is 1. The van der Waals surface area contributed by atoms with E-state index in [-0.39, 0.29) is 18.2 Å². The van der Waals surface area contributed by atoms with Crippen LogP contribution in [-0.2, 0) is 11.3 Å². The van der Waals surface area contributed by atoms with Gasteiger partial charge in [0.15, 0.2) is 0 Å². The molecular weight excluding hydrogens is 248 g/mol. The number of H-pyrrole nitrogens is 1. The van der Waals surface area contributed by atoms with E-state index in [4.69, 9.17) is 4.74 Å². The monoisotopic (exact) mass is 262 g/mol. The zero-order valence-electron chi connectivity index (χ0n) is 10.0. The second-order valence-corrected chi connectivity index (χ2v) is 3.88. The number of anilines is 1. The van der Waals surface area contributed by atoms with Gasteiger partial charge in [0.1, 0.15) is 0 Å². The number of nitrogens with one attached hydrogen (secondary N) is 2. The number of aromatic hydroxyl groups is 1. The van der Waals surface area contributed by atoms with Gasteiger partial charge >= 0.3 is 0 Å². The zero-order valence-corrected chi connectivity index (χ0v) is 10.0. The lowest BCUT2D eigenvalue weighted by Gasteiger charge is -2.15. The molecule has 0 amide bonds. The van der Waals surface area contributed by atoms with E-state index in [0.29, 0.717) is 0 Å². The third-order valence-corrected chi connectivity index (χ3v) is 2.43. The van der Waals surface area contributed by atoms with Crippen molar-refractivity contribution in [3.8, 4) is 5.88 Å². The largest absolute Gasteiger partial charge is 0.493 e. The molecule has 0 bridgehead atoms. The summed E-state index contributed by atoms with van der Waals surface area (Å²) >= 11 is 0. The highest BCUT2D eigenvalue weighted by atomic mass is 16.6. The topological polar surface area (TPSA) is 94.6 Å². The Morgan fingerprint density at radius 3 is 2.63 bits per heavy atom. The van der Waals surface area contributed by atoms with E-state index in [0.717, 1.165) is 5.56 Å². The van der Waals surface area contributed by atoms with Crippen LogP contribution >= 0.6 is 0 Å². The first-order chi connectivity index (χ1) is 9.15. The van der Waals surface area contributed by atoms with Crippen LogP contribution in [0, 0.1) is 0 Å². The minimum atomic E-state index is -1.29. The molecular formula is C13H14N2O4. The molecule has 0 spiro atoms. The first kappa shape index (κ1) is 13.1. The van der Waals surface area contributed by atoms with E-state index >= 15 is 0 Å². The van der Waals surface area contributed by atoms with Crippen LogP contribution in [0.3, 0.4) is 0 Å². The van der Waals surface area contributed by atoms with Crippen molar-refractivity contribution in [3.05, 3.63) is 58.4 Å². The Kier molecular flexibility index (Phi) is 4.17. The van der Waals surface area contributed by atoms with Crippen LogP contribution < -0.4 is 10.9 Å². The molecule has 2 aromatic rings. The highest BCUT2D eigenvalue weighted by Gasteiger charge is 2.08. The Balaban J connectivity index is 1.90. The molecule has 0 fully saturated rings. The summed E-state index contributed by atoms with van der Waals surface area (Å²) in [5.41, 5.74) is 0.664. The number of aromatic amines is 1. The van der Waals surface area contributed by atoms with E-state index < -0.39 is 12.0 Å². The van der Waals surface area contributed by atoms with Crippen LogP contribution in [-0.4, -0.2) is 21.6 Å². The number of aliphatic hydroxyl groups is 1. The number of aromatic nitrogens is 1. The molecule has 0 aliphatic carbocycles. The van der Waals surface area contributed by atoms with Crippen LogP contribution in [0.5, 0.6) is 5.88 Å². The Bertz CT molecular complexity index is 583. The van der Waals surface area contributed by atoms with Gasteiger partial charge < -0.3 is 20.3 Å². The highest BCUT2D eigenvalue weighted by molar-refractivity contribution is 5.51. The molecule has 1 aromatic heterocycles. The fourth-order valence-corrected chi connectivity index (χ4v) is 1.50. The first-order valence-electron chi connectivity index (χ1n) is 5.67. The summed E-state index contributed by atoms with van der Waals surface area (Å²) in [4.78, 5) is 13.1. The SMILES string of the molecule is O=c1ccc(NC(O)OCc2ccccc2)c(O)[nH]1. The summed E-state index contributed by atoms with van der Waals surface area (Å²) in [6.07, 6.45) is -1.29. The summed E-state index contributed by atoms with van der Waals surface area (Å²) in [6.45, 7) is 0.221. The van der Waals surface area contributed by atoms with Crippen LogP contribution in [0.15, 0.2) is 47.3 Å². The molecule has 6 heteroatoms. The van der Waals surface area contributed by atoms with Crippen molar-refractivity contribution >= 4 is 5.69 Å². The Morgan fingerprint density at radius 1 is 1.21 bits per heavy atom. The number of hydrogen-bond donors (Lipinski definition) is 4. The normalized spacial score (nSPS) is 12.1. The Labute approximate surface area is 109 Å². The minimum Gasteiger partial charge on any atom is -0.493 e. The summed E-state index contributed by atoms with van der Waals surface area (Å²) in [5.74, 6) is -0.352. The fraction of sp³-hybridized carbons (Fsp3) is 0.154. The fourth-order valence-electron chi connectivity index (χ4n) is 1.50. The van der Waals surface area contributed by atoms with Crippen molar-refractivity contribution in [1.29, 1.82) is 0 Å². The standard InChI is InChI=1S/C13H14N2O4/c16-11-7-6-10(12(17)15-11)14-13(18)19-8-9-4-2-1-3-5-9/h1-7,13-14,18H,8H2,(H2,15,16,17). The van der Waals surface area contributed by atoms with Gasteiger partial charge in [0.25, 0.3) is 5.56 Å². The van der Waals surface area contributed by atoms with E-state index in [2.05, 4.69) is 10.3 Å². The van der Waals surface area contributed by atoms with E-state index in [9.17, 15) is 15.0 Å². The Hall–Kier alpha value is -2.31. The lowest BCUT2D eigenvalue weighted by Crippen LogP contribution is -2.23. The molecule has 0 radical (unpaired) electrons. The van der Waals surface area contributed by atoms with Crippen molar-refractivity contribution in [2.24, 2.45) is 0 Å². The maximum Gasteiger partial charge on any atom is 0.250 e. The van der Waals surface area contributed by atoms with Crippen LogP contribution in [0.2, 0.25) is 0 Å². The molecule has 2 rings (SSSR count). The quantitative estimate of drug-likeness (QED) is 0.603. The average Bonchev–Trinajstić information content (AvgIpc) is 2.41. The van der Waals surface area contributed by atoms with Crippen molar-refractivity contribution in [2.45, 2.75) is 13.0 Å².